The van der Waals surface area contributed by atoms with E-state index in [9.17, 15) is 4.79 Å². The molecule has 0 fully saturated rings. The quantitative estimate of drug-likeness (QED) is 0.222. The van der Waals surface area contributed by atoms with Crippen LogP contribution in [0.15, 0.2) is 88.5 Å². The third-order valence-electron chi connectivity index (χ3n) is 4.64. The molecule has 0 aliphatic carbocycles. The summed E-state index contributed by atoms with van der Waals surface area (Å²) in [7, 11) is 0. The average Bonchev–Trinajstić information content (AvgIpc) is 3.31. The zero-order chi connectivity index (χ0) is 21.0. The maximum Gasteiger partial charge on any atom is 0.242 e. The summed E-state index contributed by atoms with van der Waals surface area (Å²) in [6, 6.07) is 24.4. The molecule has 2 aromatic carbocycles. The summed E-state index contributed by atoms with van der Waals surface area (Å²) in [5.41, 5.74) is 2.45. The SMILES string of the molecule is CCNC(=NCC(=O)NCc1ccco1)NCC(c1ccccc1)c1ccccc1.I. The van der Waals surface area contributed by atoms with Gasteiger partial charge in [-0.3, -0.25) is 4.79 Å². The first-order valence-corrected chi connectivity index (χ1v) is 10.2. The first-order valence-electron chi connectivity index (χ1n) is 10.2. The van der Waals surface area contributed by atoms with Crippen LogP contribution in [-0.4, -0.2) is 31.5 Å². The molecule has 0 aliphatic rings. The summed E-state index contributed by atoms with van der Waals surface area (Å²) in [4.78, 5) is 16.5. The Kier molecular flexibility index (Phi) is 10.6. The van der Waals surface area contributed by atoms with Crippen molar-refractivity contribution in [1.29, 1.82) is 0 Å². The van der Waals surface area contributed by atoms with Gasteiger partial charge in [0, 0.05) is 19.0 Å². The van der Waals surface area contributed by atoms with Crippen LogP contribution in [0.2, 0.25) is 0 Å². The van der Waals surface area contributed by atoms with Crippen LogP contribution in [0.25, 0.3) is 0 Å². The molecule has 3 aromatic rings. The molecule has 164 valence electrons. The van der Waals surface area contributed by atoms with Crippen molar-refractivity contribution in [2.75, 3.05) is 19.6 Å². The molecule has 31 heavy (non-hydrogen) atoms. The molecule has 1 heterocycles. The van der Waals surface area contributed by atoms with E-state index in [1.165, 1.54) is 11.1 Å². The standard InChI is InChI=1S/C24H28N4O2.HI/c1-2-25-24(28-18-23(29)26-16-21-14-9-15-30-21)27-17-22(19-10-5-3-6-11-19)20-12-7-4-8-13-20;/h3-15,22H,2,16-18H2,1H3,(H,26,29)(H2,25,27,28);1H. The predicted molar refractivity (Wildman–Crippen MR) is 135 cm³/mol. The number of halogens is 1. The van der Waals surface area contributed by atoms with Crippen molar-refractivity contribution >= 4 is 35.8 Å². The van der Waals surface area contributed by atoms with Crippen LogP contribution in [0, 0.1) is 0 Å². The van der Waals surface area contributed by atoms with E-state index in [1.807, 2.05) is 49.4 Å². The Morgan fingerprint density at radius 2 is 1.55 bits per heavy atom. The molecule has 7 heteroatoms. The summed E-state index contributed by atoms with van der Waals surface area (Å²) < 4.78 is 5.22. The number of nitrogens with one attached hydrogen (secondary N) is 3. The second-order valence-corrected chi connectivity index (χ2v) is 6.81. The van der Waals surface area contributed by atoms with Crippen molar-refractivity contribution < 1.29 is 9.21 Å². The van der Waals surface area contributed by atoms with E-state index >= 15 is 0 Å². The molecular weight excluding hydrogens is 503 g/mol. The zero-order valence-corrected chi connectivity index (χ0v) is 19.9. The van der Waals surface area contributed by atoms with Crippen molar-refractivity contribution in [2.45, 2.75) is 19.4 Å². The lowest BCUT2D eigenvalue weighted by Gasteiger charge is -2.20. The van der Waals surface area contributed by atoms with Crippen LogP contribution in [0.1, 0.15) is 29.7 Å². The highest BCUT2D eigenvalue weighted by Crippen LogP contribution is 2.23. The molecule has 1 amide bonds. The number of amides is 1. The minimum Gasteiger partial charge on any atom is -0.467 e. The van der Waals surface area contributed by atoms with Crippen molar-refractivity contribution in [3.05, 3.63) is 95.9 Å². The highest BCUT2D eigenvalue weighted by molar-refractivity contribution is 14.0. The second-order valence-electron chi connectivity index (χ2n) is 6.81. The van der Waals surface area contributed by atoms with E-state index in [2.05, 4.69) is 45.2 Å². The van der Waals surface area contributed by atoms with Gasteiger partial charge in [-0.05, 0) is 30.2 Å². The van der Waals surface area contributed by atoms with E-state index in [1.54, 1.807) is 12.3 Å². The predicted octanol–water partition coefficient (Wildman–Crippen LogP) is 3.90. The smallest absolute Gasteiger partial charge is 0.242 e. The van der Waals surface area contributed by atoms with E-state index < -0.39 is 0 Å². The van der Waals surface area contributed by atoms with Gasteiger partial charge < -0.3 is 20.4 Å². The number of rotatable bonds is 9. The van der Waals surface area contributed by atoms with Gasteiger partial charge in [-0.2, -0.15) is 0 Å². The number of hydrogen-bond donors (Lipinski definition) is 3. The number of furan rings is 1. The molecule has 6 nitrogen and oxygen atoms in total. The Bertz CT molecular complexity index is 876. The van der Waals surface area contributed by atoms with Gasteiger partial charge in [-0.1, -0.05) is 60.7 Å². The molecule has 0 aliphatic heterocycles. The minimum atomic E-state index is -0.161. The molecule has 0 bridgehead atoms. The summed E-state index contributed by atoms with van der Waals surface area (Å²) in [5.74, 6) is 1.34. The Morgan fingerprint density at radius 1 is 0.903 bits per heavy atom. The molecule has 0 radical (unpaired) electrons. The summed E-state index contributed by atoms with van der Waals surface area (Å²) in [5, 5.41) is 9.39. The van der Waals surface area contributed by atoms with Crippen molar-refractivity contribution in [1.82, 2.24) is 16.0 Å². The van der Waals surface area contributed by atoms with Gasteiger partial charge in [-0.25, -0.2) is 4.99 Å². The van der Waals surface area contributed by atoms with Gasteiger partial charge in [-0.15, -0.1) is 24.0 Å². The molecule has 0 spiro atoms. The number of nitrogens with zero attached hydrogens (tertiary/aromatic N) is 1. The van der Waals surface area contributed by atoms with E-state index in [0.29, 0.717) is 31.4 Å². The van der Waals surface area contributed by atoms with E-state index in [4.69, 9.17) is 4.42 Å². The van der Waals surface area contributed by atoms with Crippen LogP contribution < -0.4 is 16.0 Å². The lowest BCUT2D eigenvalue weighted by molar-refractivity contribution is -0.119. The molecule has 0 atom stereocenters. The lowest BCUT2D eigenvalue weighted by atomic mass is 9.91. The number of carbonyl (C=O) groups excluding carboxylic acids is 1. The monoisotopic (exact) mass is 532 g/mol. The van der Waals surface area contributed by atoms with Crippen molar-refractivity contribution in [3.8, 4) is 0 Å². The fourth-order valence-corrected chi connectivity index (χ4v) is 3.14. The third-order valence-corrected chi connectivity index (χ3v) is 4.64. The summed E-state index contributed by atoms with van der Waals surface area (Å²) in [6.07, 6.45) is 1.59. The van der Waals surface area contributed by atoms with Crippen molar-refractivity contribution in [3.63, 3.8) is 0 Å². The Balaban J connectivity index is 0.00000341. The van der Waals surface area contributed by atoms with Gasteiger partial charge in [0.25, 0.3) is 0 Å². The molecule has 0 unspecified atom stereocenters. The average molecular weight is 532 g/mol. The Labute approximate surface area is 200 Å². The maximum atomic E-state index is 12.1. The normalized spacial score (nSPS) is 11.0. The number of hydrogen-bond acceptors (Lipinski definition) is 3. The third kappa shape index (κ3) is 8.09. The van der Waals surface area contributed by atoms with Crippen LogP contribution in [0.3, 0.4) is 0 Å². The van der Waals surface area contributed by atoms with Crippen LogP contribution >= 0.6 is 24.0 Å². The lowest BCUT2D eigenvalue weighted by Crippen LogP contribution is -2.40. The fraction of sp³-hybridized carbons (Fsp3) is 0.250. The largest absolute Gasteiger partial charge is 0.467 e. The van der Waals surface area contributed by atoms with E-state index in [-0.39, 0.29) is 42.3 Å². The van der Waals surface area contributed by atoms with Gasteiger partial charge >= 0.3 is 0 Å². The number of benzene rings is 2. The number of carbonyl (C=O) groups is 1. The molecule has 3 rings (SSSR count). The van der Waals surface area contributed by atoms with E-state index in [0.717, 1.165) is 0 Å². The van der Waals surface area contributed by atoms with Crippen molar-refractivity contribution in [2.24, 2.45) is 4.99 Å². The van der Waals surface area contributed by atoms with Crippen LogP contribution in [0.5, 0.6) is 0 Å². The Morgan fingerprint density at radius 3 is 2.10 bits per heavy atom. The zero-order valence-electron chi connectivity index (χ0n) is 17.6. The van der Waals surface area contributed by atoms with Gasteiger partial charge in [0.15, 0.2) is 5.96 Å². The van der Waals surface area contributed by atoms with Crippen LogP contribution in [0.4, 0.5) is 0 Å². The molecular formula is C24H29IN4O2. The molecule has 0 saturated carbocycles. The fourth-order valence-electron chi connectivity index (χ4n) is 3.14. The summed E-state index contributed by atoms with van der Waals surface area (Å²) >= 11 is 0. The number of aliphatic imine (C=N–C) groups is 1. The van der Waals surface area contributed by atoms with Gasteiger partial charge in [0.05, 0.1) is 12.8 Å². The first-order chi connectivity index (χ1) is 14.8. The topological polar surface area (TPSA) is 78.7 Å². The highest BCUT2D eigenvalue weighted by atomic mass is 127. The first kappa shape index (κ1) is 24.5. The minimum absolute atomic E-state index is 0. The highest BCUT2D eigenvalue weighted by Gasteiger charge is 2.14. The van der Waals surface area contributed by atoms with Crippen LogP contribution in [-0.2, 0) is 11.3 Å². The second kappa shape index (κ2) is 13.5. The van der Waals surface area contributed by atoms with Gasteiger partial charge in [0.2, 0.25) is 5.91 Å². The molecule has 1 aromatic heterocycles. The molecule has 3 N–H and O–H groups in total. The molecule has 0 saturated heterocycles. The maximum absolute atomic E-state index is 12.1. The van der Waals surface area contributed by atoms with Gasteiger partial charge in [0.1, 0.15) is 12.3 Å². The number of guanidine groups is 1. The summed E-state index contributed by atoms with van der Waals surface area (Å²) in [6.45, 7) is 3.77. The Hall–Kier alpha value is -2.81.